The van der Waals surface area contributed by atoms with E-state index in [1.807, 2.05) is 6.07 Å². The van der Waals surface area contributed by atoms with E-state index in [9.17, 15) is 4.79 Å². The van der Waals surface area contributed by atoms with Gasteiger partial charge in [-0.2, -0.15) is 0 Å². The Morgan fingerprint density at radius 1 is 1.57 bits per heavy atom. The Hall–Kier alpha value is -1.27. The van der Waals surface area contributed by atoms with Crippen LogP contribution < -0.4 is 4.74 Å². The quantitative estimate of drug-likeness (QED) is 0.611. The first kappa shape index (κ1) is 10.8. The second kappa shape index (κ2) is 5.46. The van der Waals surface area contributed by atoms with Gasteiger partial charge >= 0.3 is 0 Å². The van der Waals surface area contributed by atoms with E-state index in [-0.39, 0.29) is 0 Å². The van der Waals surface area contributed by atoms with Gasteiger partial charge in [-0.1, -0.05) is 12.0 Å². The predicted octanol–water partition coefficient (Wildman–Crippen LogP) is 2.66. The zero-order valence-corrected chi connectivity index (χ0v) is 9.30. The second-order valence-electron chi connectivity index (χ2n) is 2.49. The molecule has 0 spiro atoms. The van der Waals surface area contributed by atoms with E-state index in [0.717, 1.165) is 10.8 Å². The lowest BCUT2D eigenvalue weighted by Crippen LogP contribution is -1.98. The molecular formula is C11H9BrO2. The number of carbonyl (C=O) groups excluding carboxylic acids is 1. The van der Waals surface area contributed by atoms with E-state index in [1.165, 1.54) is 0 Å². The van der Waals surface area contributed by atoms with E-state index in [1.54, 1.807) is 19.1 Å². The van der Waals surface area contributed by atoms with Gasteiger partial charge in [-0.15, -0.1) is 5.92 Å². The third-order valence-corrected chi connectivity index (χ3v) is 2.21. The number of rotatable bonds is 3. The Bertz CT molecular complexity index is 388. The number of benzene rings is 1. The summed E-state index contributed by atoms with van der Waals surface area (Å²) in [5.41, 5.74) is 0.525. The fraction of sp³-hybridized carbons (Fsp3) is 0.182. The minimum Gasteiger partial charge on any atom is -0.479 e. The minimum atomic E-state index is 0.292. The maximum Gasteiger partial charge on any atom is 0.153 e. The van der Waals surface area contributed by atoms with Crippen molar-refractivity contribution in [1.82, 2.24) is 0 Å². The average Bonchev–Trinajstić information content (AvgIpc) is 2.20. The summed E-state index contributed by atoms with van der Waals surface area (Å²) in [6.07, 6.45) is 0.763. The van der Waals surface area contributed by atoms with Crippen molar-refractivity contribution in [3.05, 3.63) is 28.2 Å². The molecule has 0 aliphatic heterocycles. The normalized spacial score (nSPS) is 8.71. The van der Waals surface area contributed by atoms with Crippen LogP contribution in [0.1, 0.15) is 17.3 Å². The maximum absolute atomic E-state index is 10.7. The van der Waals surface area contributed by atoms with Crippen molar-refractivity contribution in [3.8, 4) is 17.6 Å². The molecule has 1 aromatic carbocycles. The Balaban J connectivity index is 2.91. The summed E-state index contributed by atoms with van der Waals surface area (Å²) in [4.78, 5) is 10.7. The Kier molecular flexibility index (Phi) is 4.21. The van der Waals surface area contributed by atoms with E-state index >= 15 is 0 Å². The highest BCUT2D eigenvalue weighted by atomic mass is 79.9. The van der Waals surface area contributed by atoms with Gasteiger partial charge < -0.3 is 4.74 Å². The van der Waals surface area contributed by atoms with Crippen LogP contribution in [0.15, 0.2) is 22.7 Å². The Morgan fingerprint density at radius 2 is 2.36 bits per heavy atom. The van der Waals surface area contributed by atoms with E-state index in [0.29, 0.717) is 17.9 Å². The summed E-state index contributed by atoms with van der Waals surface area (Å²) >= 11 is 3.31. The maximum atomic E-state index is 10.7. The average molecular weight is 253 g/mol. The molecule has 0 heterocycles. The van der Waals surface area contributed by atoms with Gasteiger partial charge in [-0.05, 0) is 35.0 Å². The van der Waals surface area contributed by atoms with Gasteiger partial charge in [0, 0.05) is 0 Å². The Morgan fingerprint density at radius 3 is 3.00 bits per heavy atom. The van der Waals surface area contributed by atoms with Crippen LogP contribution in [-0.2, 0) is 0 Å². The van der Waals surface area contributed by atoms with Crippen LogP contribution in [0.2, 0.25) is 0 Å². The van der Waals surface area contributed by atoms with Crippen molar-refractivity contribution < 1.29 is 9.53 Å². The van der Waals surface area contributed by atoms with Gasteiger partial charge in [0.2, 0.25) is 0 Å². The van der Waals surface area contributed by atoms with Gasteiger partial charge in [0.05, 0.1) is 10.0 Å². The highest BCUT2D eigenvalue weighted by Gasteiger charge is 2.05. The van der Waals surface area contributed by atoms with Crippen LogP contribution in [0.25, 0.3) is 0 Å². The summed E-state index contributed by atoms with van der Waals surface area (Å²) < 4.78 is 6.11. The van der Waals surface area contributed by atoms with Crippen LogP contribution in [0.5, 0.6) is 5.75 Å². The lowest BCUT2D eigenvalue weighted by atomic mass is 10.2. The molecule has 3 heteroatoms. The lowest BCUT2D eigenvalue weighted by molar-refractivity contribution is 0.112. The molecular weight excluding hydrogens is 244 g/mol. The zero-order chi connectivity index (χ0) is 10.4. The predicted molar refractivity (Wildman–Crippen MR) is 58.5 cm³/mol. The van der Waals surface area contributed by atoms with Gasteiger partial charge in [-0.3, -0.25) is 4.79 Å². The van der Waals surface area contributed by atoms with Crippen molar-refractivity contribution in [3.63, 3.8) is 0 Å². The summed E-state index contributed by atoms with van der Waals surface area (Å²) in [6, 6.07) is 5.31. The molecule has 0 aliphatic rings. The molecule has 72 valence electrons. The minimum absolute atomic E-state index is 0.292. The van der Waals surface area contributed by atoms with E-state index < -0.39 is 0 Å². The molecule has 0 radical (unpaired) electrons. The fourth-order valence-corrected chi connectivity index (χ4v) is 1.45. The molecule has 0 fully saturated rings. The first-order chi connectivity index (χ1) is 6.79. The molecule has 0 atom stereocenters. The van der Waals surface area contributed by atoms with Crippen LogP contribution in [0.4, 0.5) is 0 Å². The number of halogens is 1. The van der Waals surface area contributed by atoms with Crippen LogP contribution in [0.3, 0.4) is 0 Å². The van der Waals surface area contributed by atoms with Crippen LogP contribution >= 0.6 is 15.9 Å². The molecule has 0 saturated carbocycles. The highest BCUT2D eigenvalue weighted by Crippen LogP contribution is 2.27. The molecule has 0 unspecified atom stereocenters. The van der Waals surface area contributed by atoms with Crippen LogP contribution in [0, 0.1) is 11.8 Å². The zero-order valence-electron chi connectivity index (χ0n) is 7.71. The van der Waals surface area contributed by atoms with Crippen molar-refractivity contribution in [2.75, 3.05) is 6.61 Å². The molecule has 1 aromatic rings. The number of hydrogen-bond donors (Lipinski definition) is 0. The SMILES string of the molecule is CC#CCOc1c(Br)cccc1C=O. The smallest absolute Gasteiger partial charge is 0.153 e. The first-order valence-corrected chi connectivity index (χ1v) is 4.85. The standard InChI is InChI=1S/C11H9BrO2/c1-2-3-7-14-11-9(8-13)5-4-6-10(11)12/h4-6,8H,7H2,1H3. The number of para-hydroxylation sites is 1. The van der Waals surface area contributed by atoms with Crippen LogP contribution in [-0.4, -0.2) is 12.9 Å². The topological polar surface area (TPSA) is 26.3 Å². The summed E-state index contributed by atoms with van der Waals surface area (Å²) in [5.74, 6) is 6.03. The molecule has 0 aliphatic carbocycles. The number of carbonyl (C=O) groups is 1. The third-order valence-electron chi connectivity index (χ3n) is 1.59. The molecule has 2 nitrogen and oxygen atoms in total. The highest BCUT2D eigenvalue weighted by molar-refractivity contribution is 9.10. The van der Waals surface area contributed by atoms with Crippen molar-refractivity contribution in [2.24, 2.45) is 0 Å². The van der Waals surface area contributed by atoms with Crippen molar-refractivity contribution in [1.29, 1.82) is 0 Å². The molecule has 0 N–H and O–H groups in total. The number of hydrogen-bond acceptors (Lipinski definition) is 2. The number of aldehydes is 1. The monoisotopic (exact) mass is 252 g/mol. The number of ether oxygens (including phenoxy) is 1. The van der Waals surface area contributed by atoms with Gasteiger partial charge in [-0.25, -0.2) is 0 Å². The van der Waals surface area contributed by atoms with Gasteiger partial charge in [0.15, 0.2) is 6.29 Å². The largest absolute Gasteiger partial charge is 0.479 e. The first-order valence-electron chi connectivity index (χ1n) is 4.05. The lowest BCUT2D eigenvalue weighted by Gasteiger charge is -2.06. The van der Waals surface area contributed by atoms with Gasteiger partial charge in [0.25, 0.3) is 0 Å². The van der Waals surface area contributed by atoms with E-state index in [4.69, 9.17) is 4.74 Å². The summed E-state index contributed by atoms with van der Waals surface area (Å²) in [5, 5.41) is 0. The van der Waals surface area contributed by atoms with Gasteiger partial charge in [0.1, 0.15) is 12.4 Å². The summed E-state index contributed by atoms with van der Waals surface area (Å²) in [7, 11) is 0. The molecule has 14 heavy (non-hydrogen) atoms. The molecule has 1 rings (SSSR count). The second-order valence-corrected chi connectivity index (χ2v) is 3.35. The molecule has 0 saturated heterocycles. The molecule has 0 bridgehead atoms. The van der Waals surface area contributed by atoms with E-state index in [2.05, 4.69) is 27.8 Å². The Labute approximate surface area is 91.4 Å². The fourth-order valence-electron chi connectivity index (χ4n) is 0.951. The molecule has 0 aromatic heterocycles. The van der Waals surface area contributed by atoms with Crippen molar-refractivity contribution >= 4 is 22.2 Å². The third kappa shape index (κ3) is 2.61. The summed E-state index contributed by atoms with van der Waals surface area (Å²) in [6.45, 7) is 2.03. The van der Waals surface area contributed by atoms with Crippen molar-refractivity contribution in [2.45, 2.75) is 6.92 Å². The molecule has 0 amide bonds.